The molecule has 1 aromatic heterocycles. The summed E-state index contributed by atoms with van der Waals surface area (Å²) in [5.41, 5.74) is 1.06. The highest BCUT2D eigenvalue weighted by Crippen LogP contribution is 2.36. The molecule has 8 nitrogen and oxygen atoms in total. The van der Waals surface area contributed by atoms with Gasteiger partial charge in [0.05, 0.1) is 16.0 Å². The molecule has 0 saturated heterocycles. The van der Waals surface area contributed by atoms with E-state index in [1.165, 1.54) is 12.1 Å². The highest BCUT2D eigenvalue weighted by molar-refractivity contribution is 7.89. The minimum absolute atomic E-state index is 0.115. The number of rotatable bonds is 7. The molecule has 0 atom stereocenters. The zero-order valence-corrected chi connectivity index (χ0v) is 17.3. The van der Waals surface area contributed by atoms with Crippen LogP contribution in [0.25, 0.3) is 10.9 Å². The molecule has 154 valence electrons. The van der Waals surface area contributed by atoms with Crippen molar-refractivity contribution in [1.29, 1.82) is 5.26 Å². The first kappa shape index (κ1) is 20.2. The van der Waals surface area contributed by atoms with E-state index in [1.54, 1.807) is 30.3 Å². The van der Waals surface area contributed by atoms with E-state index in [1.807, 2.05) is 0 Å². The Balaban J connectivity index is 1.39. The zero-order valence-electron chi connectivity index (χ0n) is 15.7. The molecule has 30 heavy (non-hydrogen) atoms. The molecule has 0 aliphatic carbocycles. The Hall–Kier alpha value is -3.06. The monoisotopic (exact) mass is 444 g/mol. The molecule has 1 aliphatic rings. The molecule has 0 bridgehead atoms. The summed E-state index contributed by atoms with van der Waals surface area (Å²) >= 11 is 5.85. The van der Waals surface area contributed by atoms with Crippen LogP contribution in [0, 0.1) is 11.3 Å². The summed E-state index contributed by atoms with van der Waals surface area (Å²) in [5, 5.41) is 13.7. The Labute approximate surface area is 178 Å². The summed E-state index contributed by atoms with van der Waals surface area (Å²) in [6.45, 7) is 0.804. The number of ether oxygens (including phenoxy) is 2. The van der Waals surface area contributed by atoms with E-state index >= 15 is 0 Å². The number of nitrogens with one attached hydrogen (secondary N) is 2. The third-order valence-corrected chi connectivity index (χ3v) is 6.17. The van der Waals surface area contributed by atoms with E-state index in [4.69, 9.17) is 21.1 Å². The van der Waals surface area contributed by atoms with Crippen molar-refractivity contribution >= 4 is 38.3 Å². The van der Waals surface area contributed by atoms with Crippen molar-refractivity contribution in [1.82, 2.24) is 9.71 Å². The topological polar surface area (TPSA) is 113 Å². The SMILES string of the molecule is N#Cc1cc2cc3c(cc2nc1NCCCNS(=O)(=O)c1cccc(Cl)c1)OCO3. The van der Waals surface area contributed by atoms with E-state index in [0.29, 0.717) is 46.4 Å². The number of anilines is 1. The number of nitriles is 1. The second-order valence-electron chi connectivity index (χ2n) is 6.53. The van der Waals surface area contributed by atoms with Crippen LogP contribution < -0.4 is 19.5 Å². The van der Waals surface area contributed by atoms with E-state index in [0.717, 1.165) is 5.39 Å². The second-order valence-corrected chi connectivity index (χ2v) is 8.73. The third-order valence-electron chi connectivity index (χ3n) is 4.47. The lowest BCUT2D eigenvalue weighted by molar-refractivity contribution is 0.174. The number of pyridine rings is 1. The Bertz CT molecular complexity index is 1260. The fraction of sp³-hybridized carbons (Fsp3) is 0.200. The minimum atomic E-state index is -3.63. The molecule has 0 fully saturated rings. The van der Waals surface area contributed by atoms with Crippen LogP contribution in [0.1, 0.15) is 12.0 Å². The summed E-state index contributed by atoms with van der Waals surface area (Å²) in [5.74, 6) is 1.67. The van der Waals surface area contributed by atoms with Crippen molar-refractivity contribution in [3.05, 3.63) is 53.1 Å². The number of hydrogen-bond donors (Lipinski definition) is 2. The molecular formula is C20H17ClN4O4S. The molecule has 0 radical (unpaired) electrons. The maximum atomic E-state index is 12.3. The van der Waals surface area contributed by atoms with Gasteiger partial charge in [-0.25, -0.2) is 18.1 Å². The van der Waals surface area contributed by atoms with E-state index in [2.05, 4.69) is 21.1 Å². The lowest BCUT2D eigenvalue weighted by Crippen LogP contribution is -2.26. The first-order chi connectivity index (χ1) is 14.5. The first-order valence-corrected chi connectivity index (χ1v) is 11.0. The van der Waals surface area contributed by atoms with Crippen LogP contribution in [0.4, 0.5) is 5.82 Å². The van der Waals surface area contributed by atoms with Crippen molar-refractivity contribution in [3.63, 3.8) is 0 Å². The summed E-state index contributed by atoms with van der Waals surface area (Å²) in [6, 6.07) is 13.5. The number of benzene rings is 2. The van der Waals surface area contributed by atoms with Crippen LogP contribution in [0.3, 0.4) is 0 Å². The largest absolute Gasteiger partial charge is 0.454 e. The lowest BCUT2D eigenvalue weighted by atomic mass is 10.1. The van der Waals surface area contributed by atoms with Crippen molar-refractivity contribution in [3.8, 4) is 17.6 Å². The molecule has 0 amide bonds. The third kappa shape index (κ3) is 4.26. The molecule has 0 saturated carbocycles. The molecule has 2 aromatic carbocycles. The van der Waals surface area contributed by atoms with Gasteiger partial charge in [-0.3, -0.25) is 0 Å². The predicted molar refractivity (Wildman–Crippen MR) is 112 cm³/mol. The van der Waals surface area contributed by atoms with Gasteiger partial charge in [0.2, 0.25) is 16.8 Å². The Morgan fingerprint density at radius 2 is 1.93 bits per heavy atom. The van der Waals surface area contributed by atoms with Crippen LogP contribution in [0.5, 0.6) is 11.5 Å². The lowest BCUT2D eigenvalue weighted by Gasteiger charge is -2.10. The fourth-order valence-corrected chi connectivity index (χ4v) is 4.38. The average Bonchev–Trinajstić information content (AvgIpc) is 3.18. The van der Waals surface area contributed by atoms with E-state index < -0.39 is 10.0 Å². The maximum absolute atomic E-state index is 12.3. The minimum Gasteiger partial charge on any atom is -0.454 e. The number of hydrogen-bond acceptors (Lipinski definition) is 7. The van der Waals surface area contributed by atoms with Gasteiger partial charge in [0, 0.05) is 29.6 Å². The summed E-state index contributed by atoms with van der Waals surface area (Å²) in [6.07, 6.45) is 0.492. The van der Waals surface area contributed by atoms with Gasteiger partial charge in [-0.05, 0) is 36.8 Å². The van der Waals surface area contributed by atoms with Gasteiger partial charge >= 0.3 is 0 Å². The van der Waals surface area contributed by atoms with Gasteiger partial charge in [0.25, 0.3) is 0 Å². The number of halogens is 1. The maximum Gasteiger partial charge on any atom is 0.240 e. The number of aromatic nitrogens is 1. The standard InChI is InChI=1S/C20H17ClN4O4S/c21-15-3-1-4-16(9-15)30(26,27)24-6-2-5-23-20-14(11-22)7-13-8-18-19(29-12-28-18)10-17(13)25-20/h1,3-4,7-10,24H,2,5-6,12H2,(H,23,25). The molecule has 0 unspecified atom stereocenters. The number of fused-ring (bicyclic) bond motifs is 2. The van der Waals surface area contributed by atoms with Crippen LogP contribution >= 0.6 is 11.6 Å². The molecule has 4 rings (SSSR count). The summed E-state index contributed by atoms with van der Waals surface area (Å²) in [4.78, 5) is 4.62. The van der Waals surface area contributed by atoms with Crippen molar-refractivity contribution in [2.24, 2.45) is 0 Å². The number of nitrogens with zero attached hydrogens (tertiary/aromatic N) is 2. The van der Waals surface area contributed by atoms with Crippen molar-refractivity contribution in [2.45, 2.75) is 11.3 Å². The molecule has 3 aromatic rings. The second kappa shape index (κ2) is 8.36. The molecule has 2 heterocycles. The smallest absolute Gasteiger partial charge is 0.240 e. The van der Waals surface area contributed by atoms with Crippen LogP contribution in [-0.2, 0) is 10.0 Å². The molecular weight excluding hydrogens is 428 g/mol. The van der Waals surface area contributed by atoms with Gasteiger partial charge in [-0.15, -0.1) is 0 Å². The normalized spacial score (nSPS) is 12.7. The van der Waals surface area contributed by atoms with Crippen LogP contribution in [-0.4, -0.2) is 33.3 Å². The molecule has 1 aliphatic heterocycles. The van der Waals surface area contributed by atoms with Gasteiger partial charge in [0.1, 0.15) is 11.9 Å². The van der Waals surface area contributed by atoms with Crippen molar-refractivity contribution in [2.75, 3.05) is 25.2 Å². The highest BCUT2D eigenvalue weighted by atomic mass is 35.5. The van der Waals surface area contributed by atoms with Gasteiger partial charge in [-0.1, -0.05) is 17.7 Å². The molecule has 2 N–H and O–H groups in total. The summed E-state index contributed by atoms with van der Waals surface area (Å²) < 4.78 is 37.8. The molecule has 0 spiro atoms. The summed E-state index contributed by atoms with van der Waals surface area (Å²) in [7, 11) is -3.63. The zero-order chi connectivity index (χ0) is 21.1. The highest BCUT2D eigenvalue weighted by Gasteiger charge is 2.17. The van der Waals surface area contributed by atoms with E-state index in [-0.39, 0.29) is 18.2 Å². The van der Waals surface area contributed by atoms with Gasteiger partial charge in [0.15, 0.2) is 11.5 Å². The quantitative estimate of drug-likeness (QED) is 0.537. The number of sulfonamides is 1. The Morgan fingerprint density at radius 1 is 1.13 bits per heavy atom. The average molecular weight is 445 g/mol. The van der Waals surface area contributed by atoms with Crippen LogP contribution in [0.15, 0.2) is 47.4 Å². The van der Waals surface area contributed by atoms with Gasteiger partial charge in [-0.2, -0.15) is 5.26 Å². The van der Waals surface area contributed by atoms with Gasteiger partial charge < -0.3 is 14.8 Å². The molecule has 10 heteroatoms. The first-order valence-electron chi connectivity index (χ1n) is 9.10. The van der Waals surface area contributed by atoms with Crippen molar-refractivity contribution < 1.29 is 17.9 Å². The Kier molecular flexibility index (Phi) is 5.63. The van der Waals surface area contributed by atoms with E-state index in [9.17, 15) is 13.7 Å². The van der Waals surface area contributed by atoms with Crippen LogP contribution in [0.2, 0.25) is 5.02 Å². The fourth-order valence-electron chi connectivity index (χ4n) is 3.00. The predicted octanol–water partition coefficient (Wildman–Crippen LogP) is 3.27. The Morgan fingerprint density at radius 3 is 2.70 bits per heavy atom.